The molecule has 0 aliphatic carbocycles. The van der Waals surface area contributed by atoms with Crippen LogP contribution in [0.15, 0.2) is 71.3 Å². The summed E-state index contributed by atoms with van der Waals surface area (Å²) < 4.78 is 5.27. The van der Waals surface area contributed by atoms with E-state index in [0.29, 0.717) is 11.3 Å². The second-order valence-corrected chi connectivity index (χ2v) is 5.79. The molecule has 0 aliphatic heterocycles. The molecule has 0 N–H and O–H groups in total. The molecule has 0 bridgehead atoms. The Kier molecular flexibility index (Phi) is 3.50. The van der Waals surface area contributed by atoms with E-state index in [4.69, 9.17) is 4.52 Å². The Bertz CT molecular complexity index is 1040. The van der Waals surface area contributed by atoms with Crippen LogP contribution in [0.3, 0.4) is 0 Å². The zero-order chi connectivity index (χ0) is 16.5. The molecule has 4 heteroatoms. The average Bonchev–Trinajstić information content (AvgIpc) is 3.03. The van der Waals surface area contributed by atoms with E-state index in [1.165, 1.54) is 0 Å². The van der Waals surface area contributed by atoms with Crippen LogP contribution < -0.4 is 4.90 Å². The Morgan fingerprint density at radius 2 is 1.75 bits per heavy atom. The maximum Gasteiger partial charge on any atom is 0.232 e. The number of hydrogen-bond donors (Lipinski definition) is 0. The molecule has 1 amide bonds. The van der Waals surface area contributed by atoms with Crippen molar-refractivity contribution < 1.29 is 9.32 Å². The molecule has 0 saturated carbocycles. The van der Waals surface area contributed by atoms with Crippen LogP contribution in [0, 0.1) is 0 Å². The fraction of sp³-hybridized carbons (Fsp3) is 0.100. The Hall–Kier alpha value is -3.14. The molecule has 0 atom stereocenters. The van der Waals surface area contributed by atoms with Gasteiger partial charge in [-0.1, -0.05) is 47.6 Å². The quantitative estimate of drug-likeness (QED) is 0.569. The summed E-state index contributed by atoms with van der Waals surface area (Å²) in [5, 5.41) is 7.20. The van der Waals surface area contributed by atoms with Crippen molar-refractivity contribution >= 4 is 33.3 Å². The van der Waals surface area contributed by atoms with E-state index >= 15 is 0 Å². The van der Waals surface area contributed by atoms with Crippen LogP contribution in [-0.2, 0) is 11.2 Å². The van der Waals surface area contributed by atoms with Gasteiger partial charge in [-0.3, -0.25) is 4.79 Å². The molecule has 0 spiro atoms. The van der Waals surface area contributed by atoms with Crippen molar-refractivity contribution in [1.82, 2.24) is 5.16 Å². The molecule has 0 aliphatic rings. The summed E-state index contributed by atoms with van der Waals surface area (Å²) in [6.07, 6.45) is 0.209. The van der Waals surface area contributed by atoms with E-state index in [2.05, 4.69) is 11.2 Å². The summed E-state index contributed by atoms with van der Waals surface area (Å²) in [7, 11) is 1.79. The molecule has 0 saturated heterocycles. The van der Waals surface area contributed by atoms with Gasteiger partial charge >= 0.3 is 0 Å². The minimum Gasteiger partial charge on any atom is -0.356 e. The van der Waals surface area contributed by atoms with Gasteiger partial charge in [0.25, 0.3) is 0 Å². The van der Waals surface area contributed by atoms with E-state index in [1.807, 2.05) is 60.7 Å². The molecule has 4 rings (SSSR count). The first-order valence-electron chi connectivity index (χ1n) is 7.81. The molecule has 1 heterocycles. The molecule has 1 aromatic heterocycles. The molecule has 24 heavy (non-hydrogen) atoms. The van der Waals surface area contributed by atoms with Gasteiger partial charge in [0, 0.05) is 18.1 Å². The van der Waals surface area contributed by atoms with Crippen LogP contribution in [-0.4, -0.2) is 18.1 Å². The first kappa shape index (κ1) is 14.5. The van der Waals surface area contributed by atoms with Crippen molar-refractivity contribution in [2.45, 2.75) is 6.42 Å². The Morgan fingerprint density at radius 3 is 2.62 bits per heavy atom. The number of likely N-dealkylation sites (N-methyl/N-ethyl adjacent to an activating group) is 1. The van der Waals surface area contributed by atoms with Gasteiger partial charge in [-0.2, -0.15) is 0 Å². The molecule has 4 nitrogen and oxygen atoms in total. The van der Waals surface area contributed by atoms with Crippen LogP contribution in [0.2, 0.25) is 0 Å². The first-order chi connectivity index (χ1) is 11.7. The Morgan fingerprint density at radius 1 is 1.00 bits per heavy atom. The highest BCUT2D eigenvalue weighted by atomic mass is 16.5. The Balaban J connectivity index is 1.61. The second-order valence-electron chi connectivity index (χ2n) is 5.79. The molecule has 3 aromatic carbocycles. The van der Waals surface area contributed by atoms with Crippen molar-refractivity contribution in [2.75, 3.05) is 11.9 Å². The smallest absolute Gasteiger partial charge is 0.232 e. The molecule has 118 valence electrons. The number of benzene rings is 3. The van der Waals surface area contributed by atoms with Crippen molar-refractivity contribution in [3.8, 4) is 0 Å². The number of nitrogens with zero attached hydrogens (tertiary/aromatic N) is 2. The van der Waals surface area contributed by atoms with Crippen molar-refractivity contribution in [3.63, 3.8) is 0 Å². The number of hydrogen-bond acceptors (Lipinski definition) is 3. The summed E-state index contributed by atoms with van der Waals surface area (Å²) >= 11 is 0. The average molecular weight is 316 g/mol. The summed E-state index contributed by atoms with van der Waals surface area (Å²) in [5.41, 5.74) is 2.24. The standard InChI is InChI=1S/C20H16N2O2/c1-22(16-11-10-14-6-2-3-7-15(14)12-16)20(23)13-18-17-8-4-5-9-19(17)24-21-18/h2-12H,13H2,1H3. The summed E-state index contributed by atoms with van der Waals surface area (Å²) in [5.74, 6) is -0.0238. The Labute approximate surface area is 139 Å². The summed E-state index contributed by atoms with van der Waals surface area (Å²) in [6, 6.07) is 21.7. The lowest BCUT2D eigenvalue weighted by Crippen LogP contribution is -2.27. The SMILES string of the molecule is CN(C(=O)Cc1noc2ccccc12)c1ccc2ccccc2c1. The third-order valence-electron chi connectivity index (χ3n) is 4.27. The predicted octanol–water partition coefficient (Wildman–Crippen LogP) is 4.19. The zero-order valence-electron chi connectivity index (χ0n) is 13.3. The molecular formula is C20H16N2O2. The molecule has 0 radical (unpaired) electrons. The third kappa shape index (κ3) is 2.52. The number of para-hydroxylation sites is 1. The van der Waals surface area contributed by atoms with E-state index in [1.54, 1.807) is 11.9 Å². The van der Waals surface area contributed by atoms with Gasteiger partial charge in [0.05, 0.1) is 6.42 Å². The zero-order valence-corrected chi connectivity index (χ0v) is 13.3. The van der Waals surface area contributed by atoms with Crippen molar-refractivity contribution in [3.05, 3.63) is 72.4 Å². The fourth-order valence-corrected chi connectivity index (χ4v) is 2.86. The normalized spacial score (nSPS) is 11.0. The van der Waals surface area contributed by atoms with Crippen molar-refractivity contribution in [2.24, 2.45) is 0 Å². The first-order valence-corrected chi connectivity index (χ1v) is 7.81. The number of fused-ring (bicyclic) bond motifs is 2. The van der Waals surface area contributed by atoms with Crippen LogP contribution in [0.25, 0.3) is 21.7 Å². The minimum atomic E-state index is -0.0238. The molecule has 0 fully saturated rings. The van der Waals surface area contributed by atoms with Crippen LogP contribution in [0.5, 0.6) is 0 Å². The van der Waals surface area contributed by atoms with Gasteiger partial charge in [0.2, 0.25) is 5.91 Å². The van der Waals surface area contributed by atoms with Gasteiger partial charge in [0.15, 0.2) is 5.58 Å². The lowest BCUT2D eigenvalue weighted by Gasteiger charge is -2.17. The van der Waals surface area contributed by atoms with Crippen LogP contribution >= 0.6 is 0 Å². The molecular weight excluding hydrogens is 300 g/mol. The van der Waals surface area contributed by atoms with Gasteiger partial charge < -0.3 is 9.42 Å². The highest BCUT2D eigenvalue weighted by Gasteiger charge is 2.16. The van der Waals surface area contributed by atoms with E-state index in [-0.39, 0.29) is 12.3 Å². The lowest BCUT2D eigenvalue weighted by atomic mass is 10.1. The fourth-order valence-electron chi connectivity index (χ4n) is 2.86. The maximum atomic E-state index is 12.6. The lowest BCUT2D eigenvalue weighted by molar-refractivity contribution is -0.117. The number of carbonyl (C=O) groups excluding carboxylic acids is 1. The van der Waals surface area contributed by atoms with Crippen LogP contribution in [0.4, 0.5) is 5.69 Å². The highest BCUT2D eigenvalue weighted by molar-refractivity contribution is 5.98. The summed E-state index contributed by atoms with van der Waals surface area (Å²) in [6.45, 7) is 0. The second kappa shape index (κ2) is 5.81. The van der Waals surface area contributed by atoms with Gasteiger partial charge in [0.1, 0.15) is 5.69 Å². The monoisotopic (exact) mass is 316 g/mol. The van der Waals surface area contributed by atoms with E-state index in [0.717, 1.165) is 21.8 Å². The largest absolute Gasteiger partial charge is 0.356 e. The number of anilines is 1. The number of rotatable bonds is 3. The van der Waals surface area contributed by atoms with Gasteiger partial charge in [-0.15, -0.1) is 0 Å². The summed E-state index contributed by atoms with van der Waals surface area (Å²) in [4.78, 5) is 14.3. The highest BCUT2D eigenvalue weighted by Crippen LogP contribution is 2.23. The number of carbonyl (C=O) groups is 1. The number of amides is 1. The predicted molar refractivity (Wildman–Crippen MR) is 95.1 cm³/mol. The minimum absolute atomic E-state index is 0.0238. The van der Waals surface area contributed by atoms with Crippen molar-refractivity contribution in [1.29, 1.82) is 0 Å². The van der Waals surface area contributed by atoms with E-state index in [9.17, 15) is 4.79 Å². The van der Waals surface area contributed by atoms with Gasteiger partial charge in [-0.25, -0.2) is 0 Å². The van der Waals surface area contributed by atoms with Gasteiger partial charge in [-0.05, 0) is 35.0 Å². The molecule has 0 unspecified atom stereocenters. The topological polar surface area (TPSA) is 46.3 Å². The van der Waals surface area contributed by atoms with Crippen LogP contribution in [0.1, 0.15) is 5.69 Å². The number of aromatic nitrogens is 1. The third-order valence-corrected chi connectivity index (χ3v) is 4.27. The van der Waals surface area contributed by atoms with E-state index < -0.39 is 0 Å². The molecule has 4 aromatic rings. The maximum absolute atomic E-state index is 12.6.